The fourth-order valence-electron chi connectivity index (χ4n) is 6.28. The average Bonchev–Trinajstić information content (AvgIpc) is 3.16. The maximum Gasteiger partial charge on any atom is 0.223 e. The minimum atomic E-state index is 0.166. The summed E-state index contributed by atoms with van der Waals surface area (Å²) in [5.74, 6) is 2.03. The molecule has 0 aliphatic carbocycles. The van der Waals surface area contributed by atoms with Gasteiger partial charge in [0.25, 0.3) is 0 Å². The quantitative estimate of drug-likeness (QED) is 0.506. The van der Waals surface area contributed by atoms with Crippen LogP contribution < -0.4 is 5.32 Å². The lowest BCUT2D eigenvalue weighted by molar-refractivity contribution is -0.126. The largest absolute Gasteiger partial charge is 0.358 e. The number of aromatic amines is 1. The monoisotopic (exact) mass is 478 g/mol. The van der Waals surface area contributed by atoms with Crippen molar-refractivity contribution in [3.63, 3.8) is 0 Å². The first-order valence-electron chi connectivity index (χ1n) is 13.8. The van der Waals surface area contributed by atoms with Crippen molar-refractivity contribution in [2.45, 2.75) is 66.8 Å². The van der Waals surface area contributed by atoms with E-state index in [0.29, 0.717) is 0 Å². The molecule has 2 N–H and O–H groups in total. The van der Waals surface area contributed by atoms with Crippen LogP contribution in [0, 0.1) is 38.5 Å². The maximum atomic E-state index is 12.7. The number of amides is 1. The highest BCUT2D eigenvalue weighted by molar-refractivity contribution is 5.78. The zero-order valence-corrected chi connectivity index (χ0v) is 22.6. The Kier molecular flexibility index (Phi) is 8.72. The lowest BCUT2D eigenvalue weighted by Crippen LogP contribution is -2.42. The summed E-state index contributed by atoms with van der Waals surface area (Å²) in [6, 6.07) is 9.03. The van der Waals surface area contributed by atoms with Crippen molar-refractivity contribution >= 4 is 5.91 Å². The van der Waals surface area contributed by atoms with E-state index in [1.54, 1.807) is 0 Å². The van der Waals surface area contributed by atoms with Crippen molar-refractivity contribution in [3.05, 3.63) is 46.6 Å². The number of piperidine rings is 2. The van der Waals surface area contributed by atoms with Crippen molar-refractivity contribution in [1.82, 2.24) is 20.1 Å². The van der Waals surface area contributed by atoms with Gasteiger partial charge in [0, 0.05) is 43.5 Å². The number of hydrogen-bond donors (Lipinski definition) is 2. The molecule has 1 aromatic heterocycles. The van der Waals surface area contributed by atoms with Crippen LogP contribution in [-0.4, -0.2) is 60.0 Å². The summed E-state index contributed by atoms with van der Waals surface area (Å²) >= 11 is 0. The normalized spacial score (nSPS) is 22.4. The molecule has 0 spiro atoms. The lowest BCUT2D eigenvalue weighted by atomic mass is 9.92. The number of aromatic nitrogens is 1. The second-order valence-electron chi connectivity index (χ2n) is 11.6. The van der Waals surface area contributed by atoms with Crippen molar-refractivity contribution < 1.29 is 4.79 Å². The summed E-state index contributed by atoms with van der Waals surface area (Å²) in [6.07, 6.45) is 4.32. The number of hydrogen-bond acceptors (Lipinski definition) is 3. The van der Waals surface area contributed by atoms with Crippen molar-refractivity contribution in [1.29, 1.82) is 0 Å². The molecular weight excluding hydrogens is 432 g/mol. The molecule has 2 aromatic rings. The first-order valence-corrected chi connectivity index (χ1v) is 13.8. The van der Waals surface area contributed by atoms with E-state index >= 15 is 0 Å². The fraction of sp³-hybridized carbons (Fsp3) is 0.633. The van der Waals surface area contributed by atoms with E-state index in [2.05, 4.69) is 79.0 Å². The van der Waals surface area contributed by atoms with Gasteiger partial charge in [0.2, 0.25) is 5.91 Å². The summed E-state index contributed by atoms with van der Waals surface area (Å²) in [5.41, 5.74) is 7.66. The molecule has 2 aliphatic rings. The van der Waals surface area contributed by atoms with E-state index in [1.807, 2.05) is 0 Å². The first-order chi connectivity index (χ1) is 16.8. The molecule has 2 atom stereocenters. The number of benzene rings is 1. The van der Waals surface area contributed by atoms with Gasteiger partial charge in [0.15, 0.2) is 0 Å². The predicted octanol–water partition coefficient (Wildman–Crippen LogP) is 5.30. The second kappa shape index (κ2) is 11.7. The van der Waals surface area contributed by atoms with Crippen LogP contribution in [0.15, 0.2) is 24.3 Å². The van der Waals surface area contributed by atoms with Crippen LogP contribution in [0.3, 0.4) is 0 Å². The van der Waals surface area contributed by atoms with E-state index < -0.39 is 0 Å². The number of H-pyrrole nitrogens is 1. The summed E-state index contributed by atoms with van der Waals surface area (Å²) in [5, 5.41) is 3.23. The molecule has 1 amide bonds. The molecule has 5 heteroatoms. The summed E-state index contributed by atoms with van der Waals surface area (Å²) in [7, 11) is 0. The highest BCUT2D eigenvalue weighted by Crippen LogP contribution is 2.26. The molecule has 35 heavy (non-hydrogen) atoms. The van der Waals surface area contributed by atoms with E-state index in [-0.39, 0.29) is 11.8 Å². The molecular formula is C30H46N4O. The molecule has 0 unspecified atom stereocenters. The summed E-state index contributed by atoms with van der Waals surface area (Å²) < 4.78 is 0. The van der Waals surface area contributed by atoms with Gasteiger partial charge >= 0.3 is 0 Å². The molecule has 2 aliphatic heterocycles. The zero-order valence-electron chi connectivity index (χ0n) is 22.6. The maximum absolute atomic E-state index is 12.7. The van der Waals surface area contributed by atoms with Gasteiger partial charge in [-0.05, 0) is 107 Å². The van der Waals surface area contributed by atoms with Crippen molar-refractivity contribution in [2.24, 2.45) is 17.8 Å². The third-order valence-corrected chi connectivity index (χ3v) is 7.90. The number of nitrogens with zero attached hydrogens (tertiary/aromatic N) is 2. The zero-order chi connectivity index (χ0) is 24.9. The highest BCUT2D eigenvalue weighted by atomic mass is 16.1. The SMILES string of the molecule is Cc1cc(C)cc(-c2cc(CN3CCC(C(=O)NCCCN4C[C@H](C)C[C@H](C)C4)CC3)c(C)[nH]2)c1. The van der Waals surface area contributed by atoms with Gasteiger partial charge in [-0.3, -0.25) is 9.69 Å². The Balaban J connectivity index is 1.19. The van der Waals surface area contributed by atoms with Gasteiger partial charge in [-0.2, -0.15) is 0 Å². The molecule has 0 bridgehead atoms. The Hall–Kier alpha value is -2.11. The van der Waals surface area contributed by atoms with Gasteiger partial charge in [0.1, 0.15) is 0 Å². The summed E-state index contributed by atoms with van der Waals surface area (Å²) in [4.78, 5) is 21.4. The van der Waals surface area contributed by atoms with E-state index in [0.717, 1.165) is 63.8 Å². The van der Waals surface area contributed by atoms with Gasteiger partial charge in [-0.1, -0.05) is 31.0 Å². The Morgan fingerprint density at radius 2 is 1.63 bits per heavy atom. The number of nitrogens with one attached hydrogen (secondary N) is 2. The smallest absolute Gasteiger partial charge is 0.223 e. The third-order valence-electron chi connectivity index (χ3n) is 7.90. The molecule has 2 saturated heterocycles. The molecule has 3 heterocycles. The molecule has 2 fully saturated rings. The Morgan fingerprint density at radius 1 is 0.971 bits per heavy atom. The van der Waals surface area contributed by atoms with Crippen molar-refractivity contribution in [2.75, 3.05) is 39.3 Å². The topological polar surface area (TPSA) is 51.4 Å². The molecule has 4 rings (SSSR count). The minimum absolute atomic E-state index is 0.166. The highest BCUT2D eigenvalue weighted by Gasteiger charge is 2.26. The van der Waals surface area contributed by atoms with Gasteiger partial charge in [-0.15, -0.1) is 0 Å². The number of carbonyl (C=O) groups is 1. The molecule has 1 aromatic carbocycles. The second-order valence-corrected chi connectivity index (χ2v) is 11.6. The Labute approximate surface area is 212 Å². The van der Waals surface area contributed by atoms with E-state index in [4.69, 9.17) is 0 Å². The van der Waals surface area contributed by atoms with E-state index in [9.17, 15) is 4.79 Å². The van der Waals surface area contributed by atoms with E-state index in [1.165, 1.54) is 53.2 Å². The van der Waals surface area contributed by atoms with Crippen LogP contribution in [0.25, 0.3) is 11.3 Å². The number of aryl methyl sites for hydroxylation is 3. The van der Waals surface area contributed by atoms with Crippen molar-refractivity contribution in [3.8, 4) is 11.3 Å². The van der Waals surface area contributed by atoms with Gasteiger partial charge in [0.05, 0.1) is 0 Å². The van der Waals surface area contributed by atoms with Crippen LogP contribution >= 0.6 is 0 Å². The van der Waals surface area contributed by atoms with Crippen LogP contribution in [0.4, 0.5) is 0 Å². The molecule has 0 saturated carbocycles. The Morgan fingerprint density at radius 3 is 2.29 bits per heavy atom. The summed E-state index contributed by atoms with van der Waals surface area (Å²) in [6.45, 7) is 18.5. The predicted molar refractivity (Wildman–Crippen MR) is 145 cm³/mol. The Bertz CT molecular complexity index is 958. The lowest BCUT2D eigenvalue weighted by Gasteiger charge is -2.35. The molecule has 5 nitrogen and oxygen atoms in total. The van der Waals surface area contributed by atoms with Crippen LogP contribution in [0.5, 0.6) is 0 Å². The van der Waals surface area contributed by atoms with Crippen LogP contribution in [0.2, 0.25) is 0 Å². The first kappa shape index (κ1) is 26.0. The van der Waals surface area contributed by atoms with Gasteiger partial charge in [-0.25, -0.2) is 0 Å². The van der Waals surface area contributed by atoms with Crippen LogP contribution in [-0.2, 0) is 11.3 Å². The number of rotatable bonds is 8. The number of carbonyl (C=O) groups excluding carboxylic acids is 1. The fourth-order valence-corrected chi connectivity index (χ4v) is 6.28. The minimum Gasteiger partial charge on any atom is -0.358 e. The third kappa shape index (κ3) is 7.20. The molecule has 0 radical (unpaired) electrons. The number of likely N-dealkylation sites (tertiary alicyclic amines) is 2. The standard InChI is InChI=1S/C30H46N4O/c1-21-13-22(2)16-27(15-21)29-17-28(25(5)32-29)20-33-11-7-26(8-12-33)30(35)31-9-6-10-34-18-23(3)14-24(4)19-34/h13,15-17,23-24,26,32H,6-12,14,18-20H2,1-5H3,(H,31,35)/t23-,24+. The van der Waals surface area contributed by atoms with Gasteiger partial charge < -0.3 is 15.2 Å². The average molecular weight is 479 g/mol. The van der Waals surface area contributed by atoms with Crippen LogP contribution in [0.1, 0.15) is 61.9 Å². The molecule has 192 valence electrons.